The molecule has 1 aliphatic heterocycles. The molecule has 0 fully saturated rings. The number of carbonyl (C=O) groups is 1. The minimum atomic E-state index is -0.601. The summed E-state index contributed by atoms with van der Waals surface area (Å²) in [5, 5.41) is 3.21. The summed E-state index contributed by atoms with van der Waals surface area (Å²) in [4.78, 5) is 45.8. The van der Waals surface area contributed by atoms with Gasteiger partial charge in [-0.3, -0.25) is 19.6 Å². The molecule has 0 spiro atoms. The van der Waals surface area contributed by atoms with Crippen molar-refractivity contribution < 1.29 is 14.3 Å². The standard InChI is InChI=1S/C27H28N4O5/c1-31(2)17-8-5-14(6-9-17)22-23-18(28-25-24(22)26(33)30-27(34)29-25)11-16(12-19(23)32)15-7-10-20(35-3)21(13-15)36-4/h5-10,13,16,22H,11-12H2,1-4H3,(H3,28,29,30,33,34)/t16-,22+/m0/s1. The van der Waals surface area contributed by atoms with Gasteiger partial charge in [-0.15, -0.1) is 0 Å². The van der Waals surface area contributed by atoms with Crippen molar-refractivity contribution in [1.29, 1.82) is 0 Å². The number of hydrogen-bond acceptors (Lipinski definition) is 7. The highest BCUT2D eigenvalue weighted by Gasteiger charge is 2.40. The lowest BCUT2D eigenvalue weighted by Gasteiger charge is -2.35. The maximum atomic E-state index is 13.7. The predicted octanol–water partition coefficient (Wildman–Crippen LogP) is 3.10. The van der Waals surface area contributed by atoms with Crippen LogP contribution in [0.1, 0.15) is 41.4 Å². The molecule has 9 heteroatoms. The normalized spacial score (nSPS) is 18.7. The van der Waals surface area contributed by atoms with Crippen molar-refractivity contribution in [3.8, 4) is 11.5 Å². The van der Waals surface area contributed by atoms with Gasteiger partial charge in [-0.25, -0.2) is 4.79 Å². The number of hydrogen-bond donors (Lipinski definition) is 3. The predicted molar refractivity (Wildman–Crippen MR) is 137 cm³/mol. The molecule has 2 aliphatic rings. The van der Waals surface area contributed by atoms with Gasteiger partial charge in [0.2, 0.25) is 0 Å². The van der Waals surface area contributed by atoms with Crippen LogP contribution in [-0.2, 0) is 4.79 Å². The quantitative estimate of drug-likeness (QED) is 0.505. The molecule has 9 nitrogen and oxygen atoms in total. The molecular formula is C27H28N4O5. The van der Waals surface area contributed by atoms with Gasteiger partial charge in [0.25, 0.3) is 5.56 Å². The number of aromatic amines is 2. The van der Waals surface area contributed by atoms with Gasteiger partial charge in [0, 0.05) is 43.4 Å². The van der Waals surface area contributed by atoms with Gasteiger partial charge in [0.15, 0.2) is 17.3 Å². The zero-order chi connectivity index (χ0) is 25.6. The van der Waals surface area contributed by atoms with E-state index in [1.807, 2.05) is 61.5 Å². The van der Waals surface area contributed by atoms with E-state index < -0.39 is 17.2 Å². The second-order valence-electron chi connectivity index (χ2n) is 9.28. The molecule has 0 amide bonds. The van der Waals surface area contributed by atoms with E-state index in [9.17, 15) is 14.4 Å². The number of ether oxygens (including phenoxy) is 2. The minimum absolute atomic E-state index is 0.0403. The molecule has 1 aromatic heterocycles. The van der Waals surface area contributed by atoms with Crippen LogP contribution in [-0.4, -0.2) is 44.1 Å². The molecule has 0 bridgehead atoms. The van der Waals surface area contributed by atoms with E-state index in [0.717, 1.165) is 16.8 Å². The fourth-order valence-electron chi connectivity index (χ4n) is 5.19. The van der Waals surface area contributed by atoms with Crippen molar-refractivity contribution >= 4 is 17.3 Å². The zero-order valence-corrected chi connectivity index (χ0v) is 20.6. The first kappa shape index (κ1) is 23.5. The van der Waals surface area contributed by atoms with Gasteiger partial charge in [-0.05, 0) is 47.7 Å². The molecule has 2 heterocycles. The van der Waals surface area contributed by atoms with Crippen molar-refractivity contribution in [3.05, 3.63) is 91.3 Å². The fourth-order valence-corrected chi connectivity index (χ4v) is 5.19. The van der Waals surface area contributed by atoms with Crippen LogP contribution >= 0.6 is 0 Å². The Morgan fingerprint density at radius 1 is 0.861 bits per heavy atom. The van der Waals surface area contributed by atoms with Crippen LogP contribution < -0.4 is 30.9 Å². The number of methoxy groups -OCH3 is 2. The number of ketones is 1. The Kier molecular flexibility index (Phi) is 5.91. The number of nitrogens with one attached hydrogen (secondary N) is 3. The van der Waals surface area contributed by atoms with Crippen molar-refractivity contribution in [3.63, 3.8) is 0 Å². The van der Waals surface area contributed by atoms with Crippen molar-refractivity contribution in [2.45, 2.75) is 24.7 Å². The number of anilines is 2. The van der Waals surface area contributed by atoms with E-state index in [1.54, 1.807) is 14.2 Å². The molecule has 0 saturated heterocycles. The average molecular weight is 489 g/mol. The molecule has 36 heavy (non-hydrogen) atoms. The van der Waals surface area contributed by atoms with Crippen LogP contribution in [0.25, 0.3) is 0 Å². The lowest BCUT2D eigenvalue weighted by Crippen LogP contribution is -2.37. The number of benzene rings is 2. The summed E-state index contributed by atoms with van der Waals surface area (Å²) in [6.45, 7) is 0. The van der Waals surface area contributed by atoms with E-state index >= 15 is 0 Å². The maximum Gasteiger partial charge on any atom is 0.327 e. The molecule has 0 saturated carbocycles. The number of fused-ring (bicyclic) bond motifs is 1. The topological polar surface area (TPSA) is 117 Å². The Labute approximate surface area is 207 Å². The van der Waals surface area contributed by atoms with Crippen LogP contribution in [0.5, 0.6) is 11.5 Å². The Morgan fingerprint density at radius 3 is 2.22 bits per heavy atom. The van der Waals surface area contributed by atoms with Gasteiger partial charge < -0.3 is 19.7 Å². The van der Waals surface area contributed by atoms with Gasteiger partial charge >= 0.3 is 5.69 Å². The first-order chi connectivity index (χ1) is 17.3. The zero-order valence-electron chi connectivity index (χ0n) is 20.6. The fraction of sp³-hybridized carbons (Fsp3) is 0.296. The average Bonchev–Trinajstić information content (AvgIpc) is 2.86. The molecule has 2 aromatic carbocycles. The highest BCUT2D eigenvalue weighted by Crippen LogP contribution is 2.47. The molecule has 186 valence electrons. The summed E-state index contributed by atoms with van der Waals surface area (Å²) in [5.41, 5.74) is 3.26. The molecular weight excluding hydrogens is 460 g/mol. The van der Waals surface area contributed by atoms with Gasteiger partial charge in [-0.2, -0.15) is 0 Å². The second kappa shape index (κ2) is 9.07. The van der Waals surface area contributed by atoms with Crippen LogP contribution in [0, 0.1) is 0 Å². The first-order valence-corrected chi connectivity index (χ1v) is 11.7. The number of H-pyrrole nitrogens is 2. The number of Topliss-reactive ketones (excluding diaryl/α,β-unsaturated/α-hetero) is 1. The summed E-state index contributed by atoms with van der Waals surface area (Å²) >= 11 is 0. The lowest BCUT2D eigenvalue weighted by atomic mass is 9.72. The van der Waals surface area contributed by atoms with Crippen LogP contribution in [0.4, 0.5) is 11.5 Å². The molecule has 3 aromatic rings. The Hall–Kier alpha value is -4.27. The summed E-state index contributed by atoms with van der Waals surface area (Å²) in [5.74, 6) is 0.805. The SMILES string of the molecule is COc1ccc([C@@H]2CC(=O)C3=C(C2)Nc2[nH]c(=O)[nH]c(=O)c2[C@@H]3c2ccc(N(C)C)cc2)cc1OC. The number of nitrogens with zero attached hydrogens (tertiary/aromatic N) is 1. The van der Waals surface area contributed by atoms with Crippen molar-refractivity contribution in [2.24, 2.45) is 0 Å². The summed E-state index contributed by atoms with van der Waals surface area (Å²) < 4.78 is 10.8. The second-order valence-corrected chi connectivity index (χ2v) is 9.28. The Bertz CT molecular complexity index is 1480. The van der Waals surface area contributed by atoms with E-state index in [0.29, 0.717) is 47.0 Å². The third kappa shape index (κ3) is 3.96. The molecule has 2 atom stereocenters. The van der Waals surface area contributed by atoms with E-state index in [1.165, 1.54) is 0 Å². The third-order valence-electron chi connectivity index (χ3n) is 6.96. The Balaban J connectivity index is 1.62. The molecule has 0 unspecified atom stereocenters. The van der Waals surface area contributed by atoms with Crippen molar-refractivity contribution in [2.75, 3.05) is 38.5 Å². The van der Waals surface area contributed by atoms with E-state index in [-0.39, 0.29) is 11.7 Å². The number of aromatic nitrogens is 2. The minimum Gasteiger partial charge on any atom is -0.493 e. The number of carbonyl (C=O) groups excluding carboxylic acids is 1. The number of rotatable bonds is 5. The van der Waals surface area contributed by atoms with E-state index in [4.69, 9.17) is 9.47 Å². The van der Waals surface area contributed by atoms with E-state index in [2.05, 4.69) is 15.3 Å². The summed E-state index contributed by atoms with van der Waals surface area (Å²) in [7, 11) is 7.05. The Morgan fingerprint density at radius 2 is 1.56 bits per heavy atom. The van der Waals surface area contributed by atoms with Gasteiger partial charge in [-0.1, -0.05) is 18.2 Å². The van der Waals surface area contributed by atoms with Gasteiger partial charge in [0.05, 0.1) is 19.8 Å². The summed E-state index contributed by atoms with van der Waals surface area (Å²) in [6.07, 6.45) is 0.829. The highest BCUT2D eigenvalue weighted by atomic mass is 16.5. The van der Waals surface area contributed by atoms with Crippen LogP contribution in [0.2, 0.25) is 0 Å². The smallest absolute Gasteiger partial charge is 0.327 e. The molecule has 5 rings (SSSR count). The molecule has 1 aliphatic carbocycles. The third-order valence-corrected chi connectivity index (χ3v) is 6.96. The number of allylic oxidation sites excluding steroid dienone is 2. The van der Waals surface area contributed by atoms with Crippen molar-refractivity contribution in [1.82, 2.24) is 9.97 Å². The highest BCUT2D eigenvalue weighted by molar-refractivity contribution is 6.01. The maximum absolute atomic E-state index is 13.7. The largest absolute Gasteiger partial charge is 0.493 e. The molecule has 3 N–H and O–H groups in total. The monoisotopic (exact) mass is 488 g/mol. The van der Waals surface area contributed by atoms with Gasteiger partial charge in [0.1, 0.15) is 5.82 Å². The van der Waals surface area contributed by atoms with Crippen LogP contribution in [0.3, 0.4) is 0 Å². The lowest BCUT2D eigenvalue weighted by molar-refractivity contribution is -0.116. The molecule has 0 radical (unpaired) electrons. The first-order valence-electron chi connectivity index (χ1n) is 11.7. The summed E-state index contributed by atoms with van der Waals surface area (Å²) in [6, 6.07) is 13.4. The van der Waals surface area contributed by atoms with Crippen LogP contribution in [0.15, 0.2) is 63.3 Å².